The second-order valence-electron chi connectivity index (χ2n) is 12.6. The van der Waals surface area contributed by atoms with Gasteiger partial charge >= 0.3 is 18.5 Å². The van der Waals surface area contributed by atoms with Crippen molar-refractivity contribution in [3.8, 4) is 0 Å². The molecular weight excluding hydrogens is 659 g/mol. The standard InChI is InChI=1S/C30H33F9N8O/c1-27(2,3)19-8-10-23(11-9-19)47(15-17-4-6-18(7-5-17)24(48)42-25-43-45-46-44-25)26(40-16-28(31,32)33)41-22-13-20(29(34,35)36)12-21(14-22)30(37,38)39/h4-7,12-14,19,23H,8-11,15-16H2,1-3H3,(H,40,41)(H2,42,43,44,45,46,48)/t19-,23-. The molecule has 2 aromatic carbocycles. The van der Waals surface area contributed by atoms with Crippen LogP contribution in [0, 0.1) is 11.3 Å². The van der Waals surface area contributed by atoms with Crippen LogP contribution in [0.15, 0.2) is 47.5 Å². The molecular formula is C30H33F9N8O. The molecule has 0 radical (unpaired) electrons. The quantitative estimate of drug-likeness (QED) is 0.132. The number of carbonyl (C=O) groups excluding carboxylic acids is 1. The lowest BCUT2D eigenvalue weighted by Gasteiger charge is -2.42. The van der Waals surface area contributed by atoms with Gasteiger partial charge < -0.3 is 10.2 Å². The van der Waals surface area contributed by atoms with E-state index in [2.05, 4.69) is 57.0 Å². The number of benzene rings is 2. The number of hydrogen-bond acceptors (Lipinski definition) is 5. The van der Waals surface area contributed by atoms with Gasteiger partial charge in [-0.05, 0) is 78.1 Å². The summed E-state index contributed by atoms with van der Waals surface area (Å²) >= 11 is 0. The topological polar surface area (TPSA) is 111 Å². The molecule has 0 spiro atoms. The summed E-state index contributed by atoms with van der Waals surface area (Å²) in [5.41, 5.74) is -3.42. The third-order valence-electron chi connectivity index (χ3n) is 8.03. The molecule has 18 heteroatoms. The molecule has 0 unspecified atom stereocenters. The number of nitrogens with zero attached hydrogens (tertiary/aromatic N) is 5. The van der Waals surface area contributed by atoms with E-state index in [-0.39, 0.29) is 35.5 Å². The highest BCUT2D eigenvalue weighted by atomic mass is 19.4. The number of carbonyl (C=O) groups is 1. The first-order valence-electron chi connectivity index (χ1n) is 14.8. The van der Waals surface area contributed by atoms with Gasteiger partial charge in [0.25, 0.3) is 11.9 Å². The zero-order chi connectivity index (χ0) is 35.5. The Bertz CT molecular complexity index is 1520. The molecule has 1 aliphatic carbocycles. The van der Waals surface area contributed by atoms with Gasteiger partial charge in [0.15, 0.2) is 5.96 Å². The number of guanidine groups is 1. The summed E-state index contributed by atoms with van der Waals surface area (Å²) in [6, 6.07) is 6.15. The number of anilines is 2. The highest BCUT2D eigenvalue weighted by Gasteiger charge is 2.38. The monoisotopic (exact) mass is 692 g/mol. The number of amides is 1. The third-order valence-corrected chi connectivity index (χ3v) is 8.03. The van der Waals surface area contributed by atoms with Gasteiger partial charge in [0, 0.05) is 23.8 Å². The van der Waals surface area contributed by atoms with E-state index in [0.717, 1.165) is 0 Å². The summed E-state index contributed by atoms with van der Waals surface area (Å²) in [6.45, 7) is 4.32. The first-order chi connectivity index (χ1) is 22.2. The Kier molecular flexibility index (Phi) is 10.6. The minimum Gasteiger partial charge on any atom is -0.335 e. The van der Waals surface area contributed by atoms with Crippen LogP contribution in [0.25, 0.3) is 0 Å². The Morgan fingerprint density at radius 3 is 1.94 bits per heavy atom. The SMILES string of the molecule is CC(C)(C)[C@H]1CC[C@H](N(Cc2ccc(C(=O)Nc3nn[nH]n3)cc2)/C(=N\CC(F)(F)F)Nc2cc(C(F)(F)F)cc(C(F)(F)F)c2)CC1. The molecule has 0 aliphatic heterocycles. The lowest BCUT2D eigenvalue weighted by Crippen LogP contribution is -2.46. The van der Waals surface area contributed by atoms with Gasteiger partial charge in [-0.15, -0.1) is 5.10 Å². The second-order valence-corrected chi connectivity index (χ2v) is 12.6. The highest BCUT2D eigenvalue weighted by Crippen LogP contribution is 2.40. The van der Waals surface area contributed by atoms with Gasteiger partial charge in [0.05, 0.1) is 11.1 Å². The first kappa shape index (κ1) is 36.5. The van der Waals surface area contributed by atoms with Gasteiger partial charge in [-0.3, -0.25) is 10.1 Å². The molecule has 1 heterocycles. The Labute approximate surface area is 269 Å². The number of H-pyrrole nitrogens is 1. The molecule has 1 amide bonds. The van der Waals surface area contributed by atoms with E-state index in [9.17, 15) is 44.3 Å². The second kappa shape index (κ2) is 14.0. The van der Waals surface area contributed by atoms with Crippen molar-refractivity contribution in [2.45, 2.75) is 77.6 Å². The lowest BCUT2D eigenvalue weighted by atomic mass is 9.71. The maximum atomic E-state index is 13.6. The van der Waals surface area contributed by atoms with E-state index in [1.165, 1.54) is 29.2 Å². The number of aliphatic imine (C=N–C) groups is 1. The molecule has 262 valence electrons. The molecule has 48 heavy (non-hydrogen) atoms. The molecule has 0 bridgehead atoms. The Hall–Kier alpha value is -4.38. The highest BCUT2D eigenvalue weighted by molar-refractivity contribution is 6.03. The first-order valence-corrected chi connectivity index (χ1v) is 14.8. The molecule has 1 aliphatic rings. The van der Waals surface area contributed by atoms with Crippen molar-refractivity contribution >= 4 is 23.5 Å². The number of alkyl halides is 9. The molecule has 3 N–H and O–H groups in total. The Morgan fingerprint density at radius 1 is 0.875 bits per heavy atom. The predicted molar refractivity (Wildman–Crippen MR) is 158 cm³/mol. The van der Waals surface area contributed by atoms with Crippen LogP contribution in [0.5, 0.6) is 0 Å². The zero-order valence-corrected chi connectivity index (χ0v) is 26.0. The van der Waals surface area contributed by atoms with Gasteiger partial charge in [0.2, 0.25) is 0 Å². The molecule has 1 aromatic heterocycles. The van der Waals surface area contributed by atoms with Crippen molar-refractivity contribution in [3.05, 3.63) is 64.7 Å². The van der Waals surface area contributed by atoms with E-state index >= 15 is 0 Å². The largest absolute Gasteiger partial charge is 0.416 e. The molecule has 1 saturated carbocycles. The van der Waals surface area contributed by atoms with Crippen LogP contribution in [-0.2, 0) is 18.9 Å². The number of aromatic nitrogens is 4. The minimum atomic E-state index is -5.18. The minimum absolute atomic E-state index is 0.0643. The van der Waals surface area contributed by atoms with Crippen molar-refractivity contribution in [1.29, 1.82) is 0 Å². The maximum absolute atomic E-state index is 13.6. The Morgan fingerprint density at radius 2 is 1.46 bits per heavy atom. The molecule has 3 aromatic rings. The maximum Gasteiger partial charge on any atom is 0.416 e. The van der Waals surface area contributed by atoms with E-state index in [4.69, 9.17) is 0 Å². The van der Waals surface area contributed by atoms with E-state index < -0.39 is 59.8 Å². The van der Waals surface area contributed by atoms with Crippen molar-refractivity contribution < 1.29 is 44.3 Å². The molecule has 0 atom stereocenters. The van der Waals surface area contributed by atoms with Gasteiger partial charge in [0.1, 0.15) is 6.54 Å². The zero-order valence-electron chi connectivity index (χ0n) is 26.0. The summed E-state index contributed by atoms with van der Waals surface area (Å²) in [5.74, 6) is -0.938. The number of hydrogen-bond donors (Lipinski definition) is 3. The smallest absolute Gasteiger partial charge is 0.335 e. The fourth-order valence-electron chi connectivity index (χ4n) is 5.50. The average Bonchev–Trinajstić information content (AvgIpc) is 3.50. The van der Waals surface area contributed by atoms with Crippen LogP contribution in [-0.4, -0.2) is 56.2 Å². The fourth-order valence-corrected chi connectivity index (χ4v) is 5.50. The van der Waals surface area contributed by atoms with Crippen LogP contribution in [0.2, 0.25) is 0 Å². The number of rotatable bonds is 7. The van der Waals surface area contributed by atoms with Crippen LogP contribution < -0.4 is 10.6 Å². The summed E-state index contributed by atoms with van der Waals surface area (Å²) < 4.78 is 122. The van der Waals surface area contributed by atoms with E-state index in [1.807, 2.05) is 0 Å². The van der Waals surface area contributed by atoms with Crippen LogP contribution in [0.1, 0.15) is 73.5 Å². The predicted octanol–water partition coefficient (Wildman–Crippen LogP) is 7.93. The van der Waals surface area contributed by atoms with Gasteiger partial charge in [-0.2, -0.15) is 44.7 Å². The van der Waals surface area contributed by atoms with Gasteiger partial charge in [-0.1, -0.05) is 38.0 Å². The fraction of sp³-hybridized carbons (Fsp3) is 0.500. The van der Waals surface area contributed by atoms with Crippen LogP contribution >= 0.6 is 0 Å². The van der Waals surface area contributed by atoms with Crippen molar-refractivity contribution in [2.24, 2.45) is 16.3 Å². The summed E-state index contributed by atoms with van der Waals surface area (Å²) in [7, 11) is 0. The molecule has 0 saturated heterocycles. The average molecular weight is 693 g/mol. The summed E-state index contributed by atoms with van der Waals surface area (Å²) in [4.78, 5) is 17.6. The van der Waals surface area contributed by atoms with Crippen molar-refractivity contribution in [3.63, 3.8) is 0 Å². The number of tetrazole rings is 1. The van der Waals surface area contributed by atoms with Crippen LogP contribution in [0.4, 0.5) is 51.1 Å². The Balaban J connectivity index is 1.72. The van der Waals surface area contributed by atoms with E-state index in [0.29, 0.717) is 43.4 Å². The number of nitrogens with one attached hydrogen (secondary N) is 3. The number of halogens is 9. The van der Waals surface area contributed by atoms with Crippen molar-refractivity contribution in [2.75, 3.05) is 17.2 Å². The summed E-state index contributed by atoms with van der Waals surface area (Å²) in [6.07, 6.45) is -12.9. The number of aromatic amines is 1. The molecule has 9 nitrogen and oxygen atoms in total. The van der Waals surface area contributed by atoms with Gasteiger partial charge in [-0.25, -0.2) is 4.99 Å². The normalized spacial score (nSPS) is 18.0. The third kappa shape index (κ3) is 10.1. The summed E-state index contributed by atoms with van der Waals surface area (Å²) in [5, 5.41) is 17.6. The van der Waals surface area contributed by atoms with Crippen molar-refractivity contribution in [1.82, 2.24) is 25.5 Å². The molecule has 4 rings (SSSR count). The molecule has 1 fully saturated rings. The van der Waals surface area contributed by atoms with E-state index in [1.54, 1.807) is 0 Å². The lowest BCUT2D eigenvalue weighted by molar-refractivity contribution is -0.143. The van der Waals surface area contributed by atoms with Crippen LogP contribution in [0.3, 0.4) is 0 Å².